The summed E-state index contributed by atoms with van der Waals surface area (Å²) in [7, 11) is 0. The summed E-state index contributed by atoms with van der Waals surface area (Å²) in [5.41, 5.74) is 3.22. The highest BCUT2D eigenvalue weighted by molar-refractivity contribution is 5.93. The van der Waals surface area contributed by atoms with Crippen LogP contribution in [0.4, 0.5) is 0 Å². The quantitative estimate of drug-likeness (QED) is 0.562. The first-order chi connectivity index (χ1) is 6.45. The number of fused-ring (bicyclic) bond motifs is 3. The molecule has 0 N–H and O–H groups in total. The van der Waals surface area contributed by atoms with Crippen molar-refractivity contribution in [3.05, 3.63) is 47.5 Å². The van der Waals surface area contributed by atoms with Crippen molar-refractivity contribution < 1.29 is 0 Å². The van der Waals surface area contributed by atoms with Gasteiger partial charge in [0.15, 0.2) is 0 Å². The van der Waals surface area contributed by atoms with Crippen LogP contribution in [0.25, 0.3) is 10.8 Å². The third kappa shape index (κ3) is 0.601. The van der Waals surface area contributed by atoms with Crippen LogP contribution in [0, 0.1) is 0 Å². The highest BCUT2D eigenvalue weighted by atomic mass is 14.5. The van der Waals surface area contributed by atoms with Gasteiger partial charge in [-0.3, -0.25) is 0 Å². The van der Waals surface area contributed by atoms with Crippen molar-refractivity contribution in [2.45, 2.75) is 18.3 Å². The van der Waals surface area contributed by atoms with Crippen molar-refractivity contribution in [2.75, 3.05) is 0 Å². The zero-order valence-corrected chi connectivity index (χ0v) is 7.33. The predicted molar refractivity (Wildman–Crippen MR) is 54.0 cm³/mol. The van der Waals surface area contributed by atoms with E-state index in [4.69, 9.17) is 0 Å². The van der Waals surface area contributed by atoms with E-state index < -0.39 is 0 Å². The Morgan fingerprint density at radius 3 is 2.08 bits per heavy atom. The maximum Gasteiger partial charge on any atom is -0.00804 e. The molecule has 2 aliphatic carbocycles. The molecular weight excluding hydrogens is 156 g/mol. The summed E-state index contributed by atoms with van der Waals surface area (Å²) in [6, 6.07) is 13.5. The van der Waals surface area contributed by atoms with E-state index in [0.717, 1.165) is 11.8 Å². The molecule has 2 aromatic carbocycles. The second-order valence-corrected chi connectivity index (χ2v) is 4.24. The van der Waals surface area contributed by atoms with Crippen molar-refractivity contribution in [1.82, 2.24) is 0 Å². The lowest BCUT2D eigenvalue weighted by Crippen LogP contribution is -1.81. The highest BCUT2D eigenvalue weighted by Crippen LogP contribution is 2.62. The lowest BCUT2D eigenvalue weighted by Gasteiger charge is -2.03. The Morgan fingerprint density at radius 1 is 0.846 bits per heavy atom. The minimum absolute atomic E-state index is 0.876. The molecule has 0 heteroatoms. The van der Waals surface area contributed by atoms with Crippen molar-refractivity contribution in [3.63, 3.8) is 0 Å². The SMILES string of the molecule is c1cc2c3c(cccc3c1)C1CC21. The third-order valence-electron chi connectivity index (χ3n) is 3.56. The first-order valence-electron chi connectivity index (χ1n) is 4.97. The fourth-order valence-electron chi connectivity index (χ4n) is 2.90. The molecule has 2 unspecified atom stereocenters. The standard InChI is InChI=1S/C13H10/c1-3-8-4-2-6-10-12-7-11(12)9(5-1)13(8)10/h1-6,11-12H,7H2. The van der Waals surface area contributed by atoms with Crippen LogP contribution in [-0.4, -0.2) is 0 Å². The minimum atomic E-state index is 0.876. The molecule has 0 spiro atoms. The van der Waals surface area contributed by atoms with E-state index in [-0.39, 0.29) is 0 Å². The number of benzene rings is 2. The van der Waals surface area contributed by atoms with Gasteiger partial charge in [0.05, 0.1) is 0 Å². The second-order valence-electron chi connectivity index (χ2n) is 4.24. The van der Waals surface area contributed by atoms with Gasteiger partial charge < -0.3 is 0 Å². The van der Waals surface area contributed by atoms with Gasteiger partial charge in [0.1, 0.15) is 0 Å². The summed E-state index contributed by atoms with van der Waals surface area (Å²) >= 11 is 0. The summed E-state index contributed by atoms with van der Waals surface area (Å²) < 4.78 is 0. The number of rotatable bonds is 0. The first kappa shape index (κ1) is 6.20. The predicted octanol–water partition coefficient (Wildman–Crippen LogP) is 3.42. The Morgan fingerprint density at radius 2 is 1.46 bits per heavy atom. The smallest absolute Gasteiger partial charge is 0.00804 e. The molecule has 0 heterocycles. The van der Waals surface area contributed by atoms with Gasteiger partial charge in [0.2, 0.25) is 0 Å². The van der Waals surface area contributed by atoms with E-state index in [0.29, 0.717) is 0 Å². The summed E-state index contributed by atoms with van der Waals surface area (Å²) in [5, 5.41) is 2.99. The van der Waals surface area contributed by atoms with Gasteiger partial charge in [-0.25, -0.2) is 0 Å². The van der Waals surface area contributed by atoms with Crippen molar-refractivity contribution >= 4 is 10.8 Å². The molecule has 62 valence electrons. The van der Waals surface area contributed by atoms with Gasteiger partial charge in [0.25, 0.3) is 0 Å². The Labute approximate surface area is 77.2 Å². The molecule has 1 saturated carbocycles. The molecule has 0 bridgehead atoms. The molecule has 1 fully saturated rings. The van der Waals surface area contributed by atoms with Crippen LogP contribution in [0.3, 0.4) is 0 Å². The largest absolute Gasteiger partial charge is 0.0613 e. The molecule has 0 saturated heterocycles. The van der Waals surface area contributed by atoms with Crippen molar-refractivity contribution in [3.8, 4) is 0 Å². The maximum absolute atomic E-state index is 2.31. The topological polar surface area (TPSA) is 0 Å². The van der Waals surface area contributed by atoms with Gasteiger partial charge in [0, 0.05) is 0 Å². The van der Waals surface area contributed by atoms with Crippen molar-refractivity contribution in [1.29, 1.82) is 0 Å². The van der Waals surface area contributed by atoms with Crippen LogP contribution in [-0.2, 0) is 0 Å². The van der Waals surface area contributed by atoms with Crippen LogP contribution in [0.2, 0.25) is 0 Å². The summed E-state index contributed by atoms with van der Waals surface area (Å²) in [4.78, 5) is 0. The second kappa shape index (κ2) is 1.79. The Balaban J connectivity index is 2.29. The Kier molecular flexibility index (Phi) is 0.855. The summed E-state index contributed by atoms with van der Waals surface area (Å²) in [6.07, 6.45) is 1.40. The molecular formula is C13H10. The number of hydrogen-bond acceptors (Lipinski definition) is 0. The molecule has 2 aliphatic rings. The van der Waals surface area contributed by atoms with Gasteiger partial charge in [-0.05, 0) is 40.2 Å². The fraction of sp³-hybridized carbons (Fsp3) is 0.231. The minimum Gasteiger partial charge on any atom is -0.0613 e. The maximum atomic E-state index is 2.31. The molecule has 13 heavy (non-hydrogen) atoms. The number of hydrogen-bond donors (Lipinski definition) is 0. The highest BCUT2D eigenvalue weighted by Gasteiger charge is 2.46. The molecule has 2 atom stereocenters. The van der Waals surface area contributed by atoms with Gasteiger partial charge >= 0.3 is 0 Å². The van der Waals surface area contributed by atoms with Crippen LogP contribution >= 0.6 is 0 Å². The van der Waals surface area contributed by atoms with Crippen LogP contribution in [0.5, 0.6) is 0 Å². The average molecular weight is 166 g/mol. The van der Waals surface area contributed by atoms with E-state index in [1.807, 2.05) is 0 Å². The lowest BCUT2D eigenvalue weighted by atomic mass is 10.0. The van der Waals surface area contributed by atoms with Crippen molar-refractivity contribution in [2.24, 2.45) is 0 Å². The summed E-state index contributed by atoms with van der Waals surface area (Å²) in [6.45, 7) is 0. The molecule has 0 radical (unpaired) electrons. The zero-order chi connectivity index (χ0) is 8.41. The van der Waals surface area contributed by atoms with Gasteiger partial charge in [-0.2, -0.15) is 0 Å². The molecule has 0 aliphatic heterocycles. The first-order valence-corrected chi connectivity index (χ1v) is 4.97. The molecule has 0 nitrogen and oxygen atoms in total. The van der Waals surface area contributed by atoms with Gasteiger partial charge in [-0.1, -0.05) is 36.4 Å². The van der Waals surface area contributed by atoms with Gasteiger partial charge in [-0.15, -0.1) is 0 Å². The zero-order valence-electron chi connectivity index (χ0n) is 7.33. The van der Waals surface area contributed by atoms with E-state index in [1.54, 1.807) is 16.5 Å². The van der Waals surface area contributed by atoms with E-state index in [2.05, 4.69) is 36.4 Å². The van der Waals surface area contributed by atoms with Crippen LogP contribution in [0.15, 0.2) is 36.4 Å². The van der Waals surface area contributed by atoms with Crippen LogP contribution < -0.4 is 0 Å². The molecule has 2 aromatic rings. The molecule has 4 rings (SSSR count). The van der Waals surface area contributed by atoms with E-state index in [9.17, 15) is 0 Å². The fourth-order valence-corrected chi connectivity index (χ4v) is 2.90. The van der Waals surface area contributed by atoms with E-state index in [1.165, 1.54) is 11.8 Å². The summed E-state index contributed by atoms with van der Waals surface area (Å²) in [5.74, 6) is 1.75. The van der Waals surface area contributed by atoms with E-state index >= 15 is 0 Å². The third-order valence-corrected chi connectivity index (χ3v) is 3.56. The average Bonchev–Trinajstić information content (AvgIpc) is 2.90. The monoisotopic (exact) mass is 166 g/mol. The lowest BCUT2D eigenvalue weighted by molar-refractivity contribution is 1.10. The molecule has 0 aromatic heterocycles. The Hall–Kier alpha value is -1.30. The Bertz CT molecular complexity index is 468. The molecule has 0 amide bonds. The van der Waals surface area contributed by atoms with Crippen LogP contribution in [0.1, 0.15) is 29.4 Å². The normalized spacial score (nSPS) is 27.7.